The van der Waals surface area contributed by atoms with E-state index in [1.807, 2.05) is 9.80 Å². The molecule has 0 bridgehead atoms. The Morgan fingerprint density at radius 3 is 2.75 bits per heavy atom. The van der Waals surface area contributed by atoms with Crippen molar-refractivity contribution in [1.82, 2.24) is 9.80 Å². The highest BCUT2D eigenvalue weighted by atomic mass is 16.5. The van der Waals surface area contributed by atoms with Crippen molar-refractivity contribution < 1.29 is 14.3 Å². The van der Waals surface area contributed by atoms with Crippen molar-refractivity contribution in [3.63, 3.8) is 0 Å². The number of ether oxygens (including phenoxy) is 2. The van der Waals surface area contributed by atoms with E-state index in [4.69, 9.17) is 9.47 Å². The SMILES string of the molecule is COCC1CCN(C(=O)N2CCOCC2)C1. The van der Waals surface area contributed by atoms with Crippen LogP contribution in [0, 0.1) is 5.92 Å². The lowest BCUT2D eigenvalue weighted by Gasteiger charge is -2.31. The highest BCUT2D eigenvalue weighted by Gasteiger charge is 2.29. The number of morpholine rings is 1. The minimum absolute atomic E-state index is 0.168. The first-order valence-electron chi connectivity index (χ1n) is 5.92. The maximum absolute atomic E-state index is 12.1. The molecule has 2 saturated heterocycles. The molecule has 92 valence electrons. The Balaban J connectivity index is 1.81. The molecule has 2 heterocycles. The monoisotopic (exact) mass is 228 g/mol. The van der Waals surface area contributed by atoms with Crippen molar-refractivity contribution in [1.29, 1.82) is 0 Å². The molecule has 2 aliphatic rings. The van der Waals surface area contributed by atoms with E-state index in [9.17, 15) is 4.79 Å². The van der Waals surface area contributed by atoms with E-state index in [-0.39, 0.29) is 6.03 Å². The number of hydrogen-bond acceptors (Lipinski definition) is 3. The average molecular weight is 228 g/mol. The molecule has 0 aliphatic carbocycles. The molecule has 0 N–H and O–H groups in total. The smallest absolute Gasteiger partial charge is 0.320 e. The summed E-state index contributed by atoms with van der Waals surface area (Å²) >= 11 is 0. The maximum Gasteiger partial charge on any atom is 0.320 e. The predicted molar refractivity (Wildman–Crippen MR) is 59.3 cm³/mol. The molecule has 2 amide bonds. The van der Waals surface area contributed by atoms with E-state index in [1.54, 1.807) is 7.11 Å². The number of amides is 2. The third-order valence-electron chi connectivity index (χ3n) is 3.24. The number of hydrogen-bond donors (Lipinski definition) is 0. The van der Waals surface area contributed by atoms with E-state index < -0.39 is 0 Å². The normalized spacial score (nSPS) is 26.2. The lowest BCUT2D eigenvalue weighted by atomic mass is 10.1. The van der Waals surface area contributed by atoms with Crippen LogP contribution in [0.2, 0.25) is 0 Å². The van der Waals surface area contributed by atoms with Crippen LogP contribution in [0.3, 0.4) is 0 Å². The lowest BCUT2D eigenvalue weighted by Crippen LogP contribution is -2.47. The van der Waals surface area contributed by atoms with Crippen LogP contribution in [-0.2, 0) is 9.47 Å². The molecule has 5 heteroatoms. The van der Waals surface area contributed by atoms with Crippen LogP contribution in [-0.4, -0.2) is 68.9 Å². The average Bonchev–Trinajstić information content (AvgIpc) is 2.78. The van der Waals surface area contributed by atoms with Gasteiger partial charge >= 0.3 is 6.03 Å². The zero-order valence-corrected chi connectivity index (χ0v) is 9.85. The standard InChI is InChI=1S/C11H20N2O3/c1-15-9-10-2-3-13(8-10)11(14)12-4-6-16-7-5-12/h10H,2-9H2,1H3. The minimum atomic E-state index is 0.168. The number of carbonyl (C=O) groups excluding carboxylic acids is 1. The molecule has 0 aromatic rings. The van der Waals surface area contributed by atoms with Gasteiger partial charge in [-0.15, -0.1) is 0 Å². The molecule has 0 aromatic carbocycles. The molecule has 1 atom stereocenters. The maximum atomic E-state index is 12.1. The molecule has 2 aliphatic heterocycles. The summed E-state index contributed by atoms with van der Waals surface area (Å²) in [7, 11) is 1.71. The van der Waals surface area contributed by atoms with Gasteiger partial charge in [0.25, 0.3) is 0 Å². The Morgan fingerprint density at radius 2 is 2.06 bits per heavy atom. The number of rotatable bonds is 2. The van der Waals surface area contributed by atoms with Crippen molar-refractivity contribution >= 4 is 6.03 Å². The van der Waals surface area contributed by atoms with Crippen LogP contribution in [0.1, 0.15) is 6.42 Å². The van der Waals surface area contributed by atoms with Gasteiger partial charge in [0.05, 0.1) is 19.8 Å². The Bertz CT molecular complexity index is 241. The van der Waals surface area contributed by atoms with Crippen LogP contribution in [0.15, 0.2) is 0 Å². The first-order valence-corrected chi connectivity index (χ1v) is 5.92. The fourth-order valence-corrected chi connectivity index (χ4v) is 2.33. The van der Waals surface area contributed by atoms with Crippen molar-refractivity contribution in [2.75, 3.05) is 53.1 Å². The molecule has 0 radical (unpaired) electrons. The summed E-state index contributed by atoms with van der Waals surface area (Å²) in [5.41, 5.74) is 0. The van der Waals surface area contributed by atoms with Crippen LogP contribution in [0.25, 0.3) is 0 Å². The predicted octanol–water partition coefficient (Wildman–Crippen LogP) is 0.407. The highest BCUT2D eigenvalue weighted by molar-refractivity contribution is 5.74. The molecule has 2 fully saturated rings. The summed E-state index contributed by atoms with van der Waals surface area (Å²) in [5.74, 6) is 0.509. The van der Waals surface area contributed by atoms with E-state index in [0.29, 0.717) is 19.1 Å². The molecule has 5 nitrogen and oxygen atoms in total. The summed E-state index contributed by atoms with van der Waals surface area (Å²) in [4.78, 5) is 15.9. The Labute approximate surface area is 96.3 Å². The minimum Gasteiger partial charge on any atom is -0.384 e. The molecular weight excluding hydrogens is 208 g/mol. The van der Waals surface area contributed by atoms with Gasteiger partial charge < -0.3 is 19.3 Å². The second kappa shape index (κ2) is 5.50. The zero-order valence-electron chi connectivity index (χ0n) is 9.85. The Morgan fingerprint density at radius 1 is 1.31 bits per heavy atom. The molecule has 0 saturated carbocycles. The summed E-state index contributed by atoms with van der Waals surface area (Å²) in [5, 5.41) is 0. The van der Waals surface area contributed by atoms with Gasteiger partial charge in [0.15, 0.2) is 0 Å². The van der Waals surface area contributed by atoms with Gasteiger partial charge in [-0.1, -0.05) is 0 Å². The summed E-state index contributed by atoms with van der Waals surface area (Å²) in [6.45, 7) is 5.25. The largest absolute Gasteiger partial charge is 0.384 e. The van der Waals surface area contributed by atoms with Gasteiger partial charge in [0.1, 0.15) is 0 Å². The van der Waals surface area contributed by atoms with E-state index in [1.165, 1.54) is 0 Å². The first-order chi connectivity index (χ1) is 7.81. The number of nitrogens with zero attached hydrogens (tertiary/aromatic N) is 2. The van der Waals surface area contributed by atoms with Crippen LogP contribution in [0.5, 0.6) is 0 Å². The number of urea groups is 1. The highest BCUT2D eigenvalue weighted by Crippen LogP contribution is 2.18. The molecule has 2 rings (SSSR count). The second-order valence-electron chi connectivity index (χ2n) is 4.44. The van der Waals surface area contributed by atoms with Crippen molar-refractivity contribution in [3.05, 3.63) is 0 Å². The number of carbonyl (C=O) groups is 1. The van der Waals surface area contributed by atoms with E-state index >= 15 is 0 Å². The third-order valence-corrected chi connectivity index (χ3v) is 3.24. The second-order valence-corrected chi connectivity index (χ2v) is 4.44. The topological polar surface area (TPSA) is 42.0 Å². The lowest BCUT2D eigenvalue weighted by molar-refractivity contribution is 0.0445. The van der Waals surface area contributed by atoms with E-state index in [2.05, 4.69) is 0 Å². The molecular formula is C11H20N2O3. The third kappa shape index (κ3) is 2.65. The van der Waals surface area contributed by atoms with Crippen molar-refractivity contribution in [2.45, 2.75) is 6.42 Å². The number of methoxy groups -OCH3 is 1. The quantitative estimate of drug-likeness (QED) is 0.687. The summed E-state index contributed by atoms with van der Waals surface area (Å²) in [6.07, 6.45) is 1.06. The van der Waals surface area contributed by atoms with E-state index in [0.717, 1.165) is 39.2 Å². The van der Waals surface area contributed by atoms with Gasteiger partial charge in [-0.3, -0.25) is 0 Å². The molecule has 0 spiro atoms. The van der Waals surface area contributed by atoms with Crippen molar-refractivity contribution in [3.8, 4) is 0 Å². The van der Waals surface area contributed by atoms with Crippen molar-refractivity contribution in [2.24, 2.45) is 5.92 Å². The molecule has 16 heavy (non-hydrogen) atoms. The van der Waals surface area contributed by atoms with Gasteiger partial charge in [-0.2, -0.15) is 0 Å². The molecule has 1 unspecified atom stereocenters. The van der Waals surface area contributed by atoms with Gasteiger partial charge in [0.2, 0.25) is 0 Å². The van der Waals surface area contributed by atoms with Gasteiger partial charge in [-0.05, 0) is 6.42 Å². The first kappa shape index (κ1) is 11.7. The van der Waals surface area contributed by atoms with Crippen LogP contribution < -0.4 is 0 Å². The Kier molecular flexibility index (Phi) is 4.01. The van der Waals surface area contributed by atoms with Crippen LogP contribution in [0.4, 0.5) is 4.79 Å². The zero-order chi connectivity index (χ0) is 11.4. The molecule has 0 aromatic heterocycles. The van der Waals surface area contributed by atoms with Crippen LogP contribution >= 0.6 is 0 Å². The fourth-order valence-electron chi connectivity index (χ4n) is 2.33. The van der Waals surface area contributed by atoms with Gasteiger partial charge in [-0.25, -0.2) is 4.79 Å². The number of likely N-dealkylation sites (tertiary alicyclic amines) is 1. The fraction of sp³-hybridized carbons (Fsp3) is 0.909. The summed E-state index contributed by atoms with van der Waals surface area (Å²) in [6, 6.07) is 0.168. The Hall–Kier alpha value is -0.810. The van der Waals surface area contributed by atoms with Gasteiger partial charge in [0, 0.05) is 39.2 Å². The summed E-state index contributed by atoms with van der Waals surface area (Å²) < 4.78 is 10.4.